The summed E-state index contributed by atoms with van der Waals surface area (Å²) in [7, 11) is 0. The Hall–Kier alpha value is -0.570. The molecule has 4 saturated carbocycles. The predicted molar refractivity (Wildman–Crippen MR) is 61.1 cm³/mol. The van der Waals surface area contributed by atoms with Crippen LogP contribution in [0.3, 0.4) is 0 Å². The van der Waals surface area contributed by atoms with E-state index in [1.54, 1.807) is 0 Å². The van der Waals surface area contributed by atoms with E-state index in [2.05, 4.69) is 12.2 Å². The van der Waals surface area contributed by atoms with Gasteiger partial charge in [-0.05, 0) is 56.4 Å². The van der Waals surface area contributed by atoms with Crippen molar-refractivity contribution in [3.05, 3.63) is 0 Å². The maximum absolute atomic E-state index is 11.5. The molecule has 3 heteroatoms. The highest BCUT2D eigenvalue weighted by Crippen LogP contribution is 2.60. The van der Waals surface area contributed by atoms with E-state index in [9.17, 15) is 9.90 Å². The number of rotatable bonds is 3. The molecule has 4 fully saturated rings. The van der Waals surface area contributed by atoms with Crippen LogP contribution in [0, 0.1) is 23.2 Å². The zero-order chi connectivity index (χ0) is 11.3. The van der Waals surface area contributed by atoms with Crippen molar-refractivity contribution in [1.82, 2.24) is 5.32 Å². The molecule has 0 aromatic carbocycles. The average molecular weight is 223 g/mol. The number of hydrogen-bond donors (Lipinski definition) is 2. The van der Waals surface area contributed by atoms with E-state index in [4.69, 9.17) is 0 Å². The van der Waals surface area contributed by atoms with Gasteiger partial charge in [-0.3, -0.25) is 4.79 Å². The van der Waals surface area contributed by atoms with Crippen molar-refractivity contribution in [2.75, 3.05) is 6.54 Å². The molecule has 0 aromatic heterocycles. The fourth-order valence-electron chi connectivity index (χ4n) is 4.86. The Balaban J connectivity index is 1.86. The van der Waals surface area contributed by atoms with Gasteiger partial charge in [0.2, 0.25) is 0 Å². The standard InChI is InChI=1S/C13H21NO2/c1-2-14-11-9-3-8-4-10(11)7-13(5-8,6-9)12(15)16/h8-11,14H,2-7H2,1H3,(H,15,16). The average Bonchev–Trinajstić information content (AvgIpc) is 2.22. The van der Waals surface area contributed by atoms with Crippen molar-refractivity contribution < 1.29 is 9.90 Å². The molecule has 2 N–H and O–H groups in total. The second-order valence-electron chi connectivity index (χ2n) is 6.14. The zero-order valence-electron chi connectivity index (χ0n) is 9.91. The predicted octanol–water partition coefficient (Wildman–Crippen LogP) is 1.88. The topological polar surface area (TPSA) is 49.3 Å². The van der Waals surface area contributed by atoms with Crippen molar-refractivity contribution in [2.24, 2.45) is 23.2 Å². The fourth-order valence-corrected chi connectivity index (χ4v) is 4.86. The summed E-state index contributed by atoms with van der Waals surface area (Å²) >= 11 is 0. The quantitative estimate of drug-likeness (QED) is 0.768. The molecule has 4 aliphatic carbocycles. The summed E-state index contributed by atoms with van der Waals surface area (Å²) in [5.41, 5.74) is -0.345. The van der Waals surface area contributed by atoms with Crippen LogP contribution in [0.4, 0.5) is 0 Å². The molecule has 2 atom stereocenters. The SMILES string of the molecule is CCNC1C2CC3CC1CC(C(=O)O)(C3)C2. The molecular weight excluding hydrogens is 202 g/mol. The summed E-state index contributed by atoms with van der Waals surface area (Å²) in [6.07, 6.45) is 5.33. The molecule has 4 bridgehead atoms. The van der Waals surface area contributed by atoms with Crippen LogP contribution in [0.25, 0.3) is 0 Å². The lowest BCUT2D eigenvalue weighted by molar-refractivity contribution is -0.167. The minimum absolute atomic E-state index is 0.345. The van der Waals surface area contributed by atoms with E-state index in [0.29, 0.717) is 23.8 Å². The van der Waals surface area contributed by atoms with Gasteiger partial charge < -0.3 is 10.4 Å². The Kier molecular flexibility index (Phi) is 2.29. The van der Waals surface area contributed by atoms with Crippen molar-refractivity contribution in [1.29, 1.82) is 0 Å². The van der Waals surface area contributed by atoms with Gasteiger partial charge in [0, 0.05) is 6.04 Å². The van der Waals surface area contributed by atoms with Crippen molar-refractivity contribution in [2.45, 2.75) is 45.1 Å². The van der Waals surface area contributed by atoms with Crippen molar-refractivity contribution in [3.63, 3.8) is 0 Å². The molecule has 0 aliphatic heterocycles. The highest BCUT2D eigenvalue weighted by atomic mass is 16.4. The largest absolute Gasteiger partial charge is 0.481 e. The minimum atomic E-state index is -0.526. The molecular formula is C13H21NO2. The van der Waals surface area contributed by atoms with Crippen LogP contribution in [0.5, 0.6) is 0 Å². The third kappa shape index (κ3) is 1.33. The fraction of sp³-hybridized carbons (Fsp3) is 0.923. The molecule has 0 spiro atoms. The van der Waals surface area contributed by atoms with Crippen molar-refractivity contribution in [3.8, 4) is 0 Å². The molecule has 0 radical (unpaired) electrons. The first-order chi connectivity index (χ1) is 7.64. The van der Waals surface area contributed by atoms with Crippen molar-refractivity contribution >= 4 is 5.97 Å². The molecule has 0 saturated heterocycles. The summed E-state index contributed by atoms with van der Waals surface area (Å²) in [5, 5.41) is 13.1. The van der Waals surface area contributed by atoms with Gasteiger partial charge in [-0.15, -0.1) is 0 Å². The third-order valence-electron chi connectivity index (χ3n) is 5.17. The Morgan fingerprint density at radius 2 is 1.94 bits per heavy atom. The van der Waals surface area contributed by atoms with Gasteiger partial charge in [0.25, 0.3) is 0 Å². The molecule has 2 unspecified atom stereocenters. The molecule has 0 amide bonds. The first kappa shape index (κ1) is 10.6. The van der Waals surface area contributed by atoms with E-state index in [-0.39, 0.29) is 5.41 Å². The smallest absolute Gasteiger partial charge is 0.309 e. The van der Waals surface area contributed by atoms with E-state index in [1.165, 1.54) is 12.8 Å². The minimum Gasteiger partial charge on any atom is -0.481 e. The Labute approximate surface area is 96.6 Å². The molecule has 4 rings (SSSR count). The van der Waals surface area contributed by atoms with Crippen LogP contribution in [0.2, 0.25) is 0 Å². The normalized spacial score (nSPS) is 49.6. The van der Waals surface area contributed by atoms with Crippen LogP contribution in [-0.2, 0) is 4.79 Å². The van der Waals surface area contributed by atoms with Gasteiger partial charge in [-0.1, -0.05) is 6.92 Å². The van der Waals surface area contributed by atoms with Crippen LogP contribution < -0.4 is 5.32 Å². The summed E-state index contributed by atoms with van der Waals surface area (Å²) in [4.78, 5) is 11.5. The number of nitrogens with one attached hydrogen (secondary N) is 1. The summed E-state index contributed by atoms with van der Waals surface area (Å²) in [6.45, 7) is 3.17. The number of hydrogen-bond acceptors (Lipinski definition) is 2. The Morgan fingerprint density at radius 1 is 1.31 bits per heavy atom. The third-order valence-corrected chi connectivity index (χ3v) is 5.17. The van der Waals surface area contributed by atoms with Crippen LogP contribution in [0.15, 0.2) is 0 Å². The van der Waals surface area contributed by atoms with Gasteiger partial charge in [0.05, 0.1) is 5.41 Å². The molecule has 16 heavy (non-hydrogen) atoms. The zero-order valence-corrected chi connectivity index (χ0v) is 9.91. The van der Waals surface area contributed by atoms with Gasteiger partial charge in [0.1, 0.15) is 0 Å². The second-order valence-corrected chi connectivity index (χ2v) is 6.14. The molecule has 0 aromatic rings. The van der Waals surface area contributed by atoms with Gasteiger partial charge in [-0.2, -0.15) is 0 Å². The van der Waals surface area contributed by atoms with E-state index in [1.807, 2.05) is 0 Å². The van der Waals surface area contributed by atoms with Gasteiger partial charge >= 0.3 is 5.97 Å². The summed E-state index contributed by atoms with van der Waals surface area (Å²) in [6, 6.07) is 0.606. The molecule has 90 valence electrons. The number of aliphatic carboxylic acids is 1. The molecule has 0 heterocycles. The second kappa shape index (κ2) is 3.46. The summed E-state index contributed by atoms with van der Waals surface area (Å²) < 4.78 is 0. The Bertz CT molecular complexity index is 299. The maximum atomic E-state index is 11.5. The highest BCUT2D eigenvalue weighted by Gasteiger charge is 2.58. The van der Waals surface area contributed by atoms with Crippen LogP contribution >= 0.6 is 0 Å². The number of carbonyl (C=O) groups is 1. The molecule has 3 nitrogen and oxygen atoms in total. The van der Waals surface area contributed by atoms with Crippen LogP contribution in [0.1, 0.15) is 39.0 Å². The van der Waals surface area contributed by atoms with E-state index < -0.39 is 5.97 Å². The van der Waals surface area contributed by atoms with E-state index in [0.717, 1.165) is 25.8 Å². The molecule has 4 aliphatic rings. The lowest BCUT2D eigenvalue weighted by Crippen LogP contribution is -2.60. The monoisotopic (exact) mass is 223 g/mol. The number of carboxylic acids is 1. The van der Waals surface area contributed by atoms with Gasteiger partial charge in [0.15, 0.2) is 0 Å². The lowest BCUT2D eigenvalue weighted by atomic mass is 9.48. The van der Waals surface area contributed by atoms with Gasteiger partial charge in [-0.25, -0.2) is 0 Å². The first-order valence-corrected chi connectivity index (χ1v) is 6.61. The highest BCUT2D eigenvalue weighted by molar-refractivity contribution is 5.75. The lowest BCUT2D eigenvalue weighted by Gasteiger charge is -2.58. The summed E-state index contributed by atoms with van der Waals surface area (Å²) in [5.74, 6) is 1.43. The van der Waals surface area contributed by atoms with E-state index >= 15 is 0 Å². The first-order valence-electron chi connectivity index (χ1n) is 6.61. The van der Waals surface area contributed by atoms with Crippen LogP contribution in [-0.4, -0.2) is 23.7 Å². The maximum Gasteiger partial charge on any atom is 0.309 e. The number of carboxylic acid groups (broad SMARTS) is 1. The Morgan fingerprint density at radius 3 is 2.44 bits per heavy atom.